The second-order valence-corrected chi connectivity index (χ2v) is 15.4. The summed E-state index contributed by atoms with van der Waals surface area (Å²) in [5, 5.41) is 18.3. The lowest BCUT2D eigenvalue weighted by Gasteiger charge is -2.20. The van der Waals surface area contributed by atoms with Crippen LogP contribution in [-0.2, 0) is 32.7 Å². The van der Waals surface area contributed by atoms with Crippen molar-refractivity contribution in [1.82, 2.24) is 0 Å². The molecule has 0 radical (unpaired) electrons. The van der Waals surface area contributed by atoms with Gasteiger partial charge in [0.1, 0.15) is 12.7 Å². The van der Waals surface area contributed by atoms with Gasteiger partial charge in [0.05, 0.1) is 19.8 Å². The SMILES string of the molecule is CC/C=C\C/C=C\C/C=C\C/C=C\C/C=C\C/C=C\CCC(=O)OC[C@H](COP(=O)(O)OC[C@@H](O)CO)OC(=O)CCCCCCCCCCCCCCCC. The third-order valence-corrected chi connectivity index (χ3v) is 9.59. The van der Waals surface area contributed by atoms with Crippen molar-refractivity contribution in [2.24, 2.45) is 0 Å². The molecule has 0 aromatic carbocycles. The van der Waals surface area contributed by atoms with Gasteiger partial charge in [0.15, 0.2) is 6.10 Å². The van der Waals surface area contributed by atoms with Crippen LogP contribution in [0.2, 0.25) is 0 Å². The van der Waals surface area contributed by atoms with Gasteiger partial charge < -0.3 is 24.6 Å². The molecule has 1 unspecified atom stereocenters. The Labute approximate surface area is 339 Å². The van der Waals surface area contributed by atoms with Gasteiger partial charge in [0.2, 0.25) is 0 Å². The standard InChI is InChI=1S/C45H77O10P/c1-3-5-7-9-11-13-15-17-19-20-21-22-23-25-26-28-30-32-34-36-44(48)52-40-43(41-54-56(50,51)53-39-42(47)38-46)55-45(49)37-35-33-31-29-27-24-18-16-14-12-10-8-6-4-2/h5,7,11,13,17,19,21-22,25-26,30,32,42-43,46-47H,3-4,6,8-10,12,14-16,18,20,23-24,27-29,31,33-41H2,1-2H3,(H,50,51)/b7-5-,13-11-,19-17-,22-21-,26-25-,32-30-/t42-,43+/m0/s1. The molecule has 0 aliphatic heterocycles. The number of ether oxygens (including phenoxy) is 2. The Morgan fingerprint density at radius 2 is 0.982 bits per heavy atom. The van der Waals surface area contributed by atoms with E-state index < -0.39 is 51.8 Å². The zero-order valence-electron chi connectivity index (χ0n) is 34.8. The van der Waals surface area contributed by atoms with Crippen LogP contribution in [0.15, 0.2) is 72.9 Å². The van der Waals surface area contributed by atoms with Crippen LogP contribution >= 0.6 is 7.82 Å². The number of hydrogen-bond acceptors (Lipinski definition) is 9. The molecule has 0 rings (SSSR count). The van der Waals surface area contributed by atoms with Crippen LogP contribution < -0.4 is 0 Å². The van der Waals surface area contributed by atoms with Gasteiger partial charge in [0, 0.05) is 12.8 Å². The first-order valence-corrected chi connectivity index (χ1v) is 22.9. The van der Waals surface area contributed by atoms with E-state index in [1.807, 2.05) is 12.2 Å². The minimum absolute atomic E-state index is 0.114. The monoisotopic (exact) mass is 809 g/mol. The summed E-state index contributed by atoms with van der Waals surface area (Å²) in [6.07, 6.45) is 45.9. The molecule has 3 N–H and O–H groups in total. The molecular formula is C45H77O10P. The van der Waals surface area contributed by atoms with Crippen molar-refractivity contribution in [3.63, 3.8) is 0 Å². The Hall–Kier alpha value is -2.59. The van der Waals surface area contributed by atoms with E-state index >= 15 is 0 Å². The molecule has 322 valence electrons. The number of hydrogen-bond donors (Lipinski definition) is 3. The maximum Gasteiger partial charge on any atom is 0.472 e. The van der Waals surface area contributed by atoms with E-state index in [1.54, 1.807) is 0 Å². The second kappa shape index (κ2) is 40.6. The fourth-order valence-corrected chi connectivity index (χ4v) is 6.16. The fourth-order valence-electron chi connectivity index (χ4n) is 5.37. The van der Waals surface area contributed by atoms with Crippen molar-refractivity contribution < 1.29 is 47.8 Å². The summed E-state index contributed by atoms with van der Waals surface area (Å²) in [5.41, 5.74) is 0. The summed E-state index contributed by atoms with van der Waals surface area (Å²) < 4.78 is 32.6. The van der Waals surface area contributed by atoms with Crippen LogP contribution in [0.5, 0.6) is 0 Å². The predicted molar refractivity (Wildman–Crippen MR) is 228 cm³/mol. The average molecular weight is 809 g/mol. The second-order valence-electron chi connectivity index (χ2n) is 14.0. The Balaban J connectivity index is 4.43. The van der Waals surface area contributed by atoms with Crippen molar-refractivity contribution in [3.8, 4) is 0 Å². The van der Waals surface area contributed by atoms with Gasteiger partial charge in [-0.25, -0.2) is 4.57 Å². The first-order valence-electron chi connectivity index (χ1n) is 21.4. The zero-order valence-corrected chi connectivity index (χ0v) is 35.7. The third kappa shape index (κ3) is 39.6. The molecule has 0 saturated heterocycles. The number of phosphoric acid groups is 1. The van der Waals surface area contributed by atoms with Gasteiger partial charge in [-0.15, -0.1) is 0 Å². The molecule has 0 aliphatic carbocycles. The van der Waals surface area contributed by atoms with Crippen LogP contribution in [0.1, 0.15) is 162 Å². The quantitative estimate of drug-likeness (QED) is 0.0237. The molecule has 0 fully saturated rings. The molecule has 56 heavy (non-hydrogen) atoms. The highest BCUT2D eigenvalue weighted by Gasteiger charge is 2.27. The van der Waals surface area contributed by atoms with E-state index in [-0.39, 0.29) is 19.4 Å². The molecule has 3 atom stereocenters. The Morgan fingerprint density at radius 3 is 1.45 bits per heavy atom. The van der Waals surface area contributed by atoms with Crippen LogP contribution in [0.25, 0.3) is 0 Å². The maximum atomic E-state index is 12.6. The minimum Gasteiger partial charge on any atom is -0.462 e. The predicted octanol–water partition coefficient (Wildman–Crippen LogP) is 11.3. The number of aliphatic hydroxyl groups is 2. The van der Waals surface area contributed by atoms with Crippen molar-refractivity contribution in [2.45, 2.75) is 174 Å². The summed E-state index contributed by atoms with van der Waals surface area (Å²) in [6.45, 7) is 2.17. The number of allylic oxidation sites excluding steroid dienone is 12. The maximum absolute atomic E-state index is 12.6. The molecule has 0 saturated carbocycles. The molecule has 0 aromatic heterocycles. The molecule has 11 heteroatoms. The van der Waals surface area contributed by atoms with Gasteiger partial charge in [-0.2, -0.15) is 0 Å². The minimum atomic E-state index is -4.63. The number of unbranched alkanes of at least 4 members (excludes halogenated alkanes) is 13. The van der Waals surface area contributed by atoms with Gasteiger partial charge in [0.25, 0.3) is 0 Å². The van der Waals surface area contributed by atoms with Gasteiger partial charge in [-0.1, -0.05) is 170 Å². The van der Waals surface area contributed by atoms with Gasteiger partial charge in [-0.3, -0.25) is 18.6 Å². The highest BCUT2D eigenvalue weighted by Crippen LogP contribution is 2.43. The lowest BCUT2D eigenvalue weighted by molar-refractivity contribution is -0.161. The normalized spacial score (nSPS) is 14.6. The molecule has 0 heterocycles. The highest BCUT2D eigenvalue weighted by atomic mass is 31.2. The summed E-state index contributed by atoms with van der Waals surface area (Å²) in [7, 11) is -4.63. The van der Waals surface area contributed by atoms with E-state index in [4.69, 9.17) is 19.1 Å². The van der Waals surface area contributed by atoms with Gasteiger partial charge in [-0.05, 0) is 51.4 Å². The molecule has 10 nitrogen and oxygen atoms in total. The number of esters is 2. The van der Waals surface area contributed by atoms with Crippen LogP contribution in [0, 0.1) is 0 Å². The average Bonchev–Trinajstić information content (AvgIpc) is 3.19. The largest absolute Gasteiger partial charge is 0.472 e. The smallest absolute Gasteiger partial charge is 0.462 e. The first-order chi connectivity index (χ1) is 27.2. The van der Waals surface area contributed by atoms with E-state index in [1.165, 1.54) is 64.2 Å². The molecule has 0 spiro atoms. The molecule has 0 aliphatic rings. The van der Waals surface area contributed by atoms with Crippen molar-refractivity contribution >= 4 is 19.8 Å². The fraction of sp³-hybridized carbons (Fsp3) is 0.689. The van der Waals surface area contributed by atoms with Crippen molar-refractivity contribution in [2.75, 3.05) is 26.4 Å². The number of phosphoric ester groups is 1. The molecule has 0 bridgehead atoms. The van der Waals surface area contributed by atoms with Gasteiger partial charge >= 0.3 is 19.8 Å². The van der Waals surface area contributed by atoms with Crippen LogP contribution in [0.4, 0.5) is 0 Å². The van der Waals surface area contributed by atoms with Crippen LogP contribution in [-0.4, -0.2) is 65.7 Å². The summed E-state index contributed by atoms with van der Waals surface area (Å²) in [6, 6.07) is 0. The third-order valence-electron chi connectivity index (χ3n) is 8.64. The van der Waals surface area contributed by atoms with E-state index in [0.29, 0.717) is 12.8 Å². The summed E-state index contributed by atoms with van der Waals surface area (Å²) in [4.78, 5) is 34.9. The lowest BCUT2D eigenvalue weighted by Crippen LogP contribution is -2.29. The molecule has 0 aromatic rings. The van der Waals surface area contributed by atoms with Crippen molar-refractivity contribution in [1.29, 1.82) is 0 Å². The van der Waals surface area contributed by atoms with E-state index in [0.717, 1.165) is 57.8 Å². The van der Waals surface area contributed by atoms with Crippen LogP contribution in [0.3, 0.4) is 0 Å². The van der Waals surface area contributed by atoms with Crippen molar-refractivity contribution in [3.05, 3.63) is 72.9 Å². The Morgan fingerprint density at radius 1 is 0.554 bits per heavy atom. The highest BCUT2D eigenvalue weighted by molar-refractivity contribution is 7.47. The zero-order chi connectivity index (χ0) is 41.2. The Bertz CT molecular complexity index is 1160. The number of carbonyl (C=O) groups is 2. The Kier molecular flexibility index (Phi) is 38.7. The first kappa shape index (κ1) is 53.4. The lowest BCUT2D eigenvalue weighted by atomic mass is 10.0. The summed E-state index contributed by atoms with van der Waals surface area (Å²) in [5.74, 6) is -1.02. The summed E-state index contributed by atoms with van der Waals surface area (Å²) >= 11 is 0. The number of carbonyl (C=O) groups excluding carboxylic acids is 2. The molecule has 0 amide bonds. The number of aliphatic hydroxyl groups excluding tert-OH is 2. The molecular weight excluding hydrogens is 731 g/mol. The van der Waals surface area contributed by atoms with E-state index in [2.05, 4.69) is 79.1 Å². The topological polar surface area (TPSA) is 149 Å². The van der Waals surface area contributed by atoms with E-state index in [9.17, 15) is 24.2 Å². The number of rotatable bonds is 39.